The minimum absolute atomic E-state index is 0.130. The lowest BCUT2D eigenvalue weighted by Crippen LogP contribution is -2.26. The van der Waals surface area contributed by atoms with E-state index in [4.69, 9.17) is 0 Å². The Balaban J connectivity index is 1.14. The van der Waals surface area contributed by atoms with Crippen molar-refractivity contribution in [2.75, 3.05) is 11.5 Å². The fourth-order valence-electron chi connectivity index (χ4n) is 6.92. The first-order chi connectivity index (χ1) is 17.0. The Morgan fingerprint density at radius 1 is 0.857 bits per heavy atom. The predicted octanol–water partition coefficient (Wildman–Crippen LogP) is 7.84. The number of rotatable bonds is 6. The van der Waals surface area contributed by atoms with Gasteiger partial charge in [-0.1, -0.05) is 61.9 Å². The Morgan fingerprint density at radius 2 is 1.60 bits per heavy atom. The quantitative estimate of drug-likeness (QED) is 0.367. The molecule has 1 heterocycles. The van der Waals surface area contributed by atoms with Gasteiger partial charge in [0.15, 0.2) is 9.84 Å². The minimum Gasteiger partial charge on any atom is -0.229 e. The first-order valence-electron chi connectivity index (χ1n) is 13.7. The highest BCUT2D eigenvalue weighted by Crippen LogP contribution is 2.47. The Hall–Kier alpha value is -1.52. The number of hydrogen-bond acceptors (Lipinski definition) is 3. The maximum atomic E-state index is 13.1. The van der Waals surface area contributed by atoms with Gasteiger partial charge in [0, 0.05) is 5.75 Å². The molecule has 3 aliphatic carbocycles. The Kier molecular flexibility index (Phi) is 8.08. The van der Waals surface area contributed by atoms with Crippen molar-refractivity contribution in [2.45, 2.75) is 75.9 Å². The second-order valence-electron chi connectivity index (χ2n) is 11.1. The standard InChI is InChI=1S/C31H40O2S2/c1-23-10-17-29(30-18-20-34-22-31(23)30)27-13-11-26(12-14-27)25-8-5-9-28(16-15-25)35(32,33)21-19-24-6-3-2-4-7-24/h2-4,6-7,17-18,22,25-28H,1,5,8-16,19-21H2. The van der Waals surface area contributed by atoms with E-state index in [1.165, 1.54) is 48.8 Å². The van der Waals surface area contributed by atoms with E-state index in [1.807, 2.05) is 42.1 Å². The summed E-state index contributed by atoms with van der Waals surface area (Å²) in [5.74, 6) is 3.56. The molecule has 2 unspecified atom stereocenters. The molecular formula is C31H40O2S2. The zero-order valence-corrected chi connectivity index (χ0v) is 22.6. The minimum atomic E-state index is -3.03. The van der Waals surface area contributed by atoms with Gasteiger partial charge < -0.3 is 0 Å². The predicted molar refractivity (Wildman–Crippen MR) is 150 cm³/mol. The van der Waals surface area contributed by atoms with Crippen LogP contribution in [0.1, 0.15) is 69.8 Å². The average molecular weight is 509 g/mol. The molecule has 2 atom stereocenters. The topological polar surface area (TPSA) is 34.1 Å². The molecular weight excluding hydrogens is 468 g/mol. The number of fused-ring (bicyclic) bond motifs is 1. The van der Waals surface area contributed by atoms with Gasteiger partial charge in [-0.2, -0.15) is 0 Å². The normalized spacial score (nSPS) is 29.9. The molecule has 5 rings (SSSR count). The third kappa shape index (κ3) is 5.91. The summed E-state index contributed by atoms with van der Waals surface area (Å²) in [5.41, 5.74) is 6.85. The van der Waals surface area contributed by atoms with E-state index in [9.17, 15) is 8.42 Å². The molecule has 35 heavy (non-hydrogen) atoms. The van der Waals surface area contributed by atoms with E-state index in [0.717, 1.165) is 49.3 Å². The first-order valence-corrected chi connectivity index (χ1v) is 16.4. The van der Waals surface area contributed by atoms with Gasteiger partial charge in [-0.25, -0.2) is 8.42 Å². The van der Waals surface area contributed by atoms with Crippen LogP contribution in [-0.4, -0.2) is 25.2 Å². The van der Waals surface area contributed by atoms with Crippen LogP contribution in [0.15, 0.2) is 76.8 Å². The van der Waals surface area contributed by atoms with E-state index < -0.39 is 9.84 Å². The van der Waals surface area contributed by atoms with Crippen molar-refractivity contribution in [2.24, 2.45) is 17.8 Å². The van der Waals surface area contributed by atoms with Gasteiger partial charge >= 0.3 is 0 Å². The van der Waals surface area contributed by atoms with Gasteiger partial charge in [0.05, 0.1) is 11.0 Å². The van der Waals surface area contributed by atoms with Crippen molar-refractivity contribution < 1.29 is 8.42 Å². The van der Waals surface area contributed by atoms with Crippen LogP contribution < -0.4 is 0 Å². The maximum absolute atomic E-state index is 13.1. The van der Waals surface area contributed by atoms with E-state index >= 15 is 0 Å². The van der Waals surface area contributed by atoms with Crippen LogP contribution in [0.5, 0.6) is 0 Å². The molecule has 1 aromatic rings. The second kappa shape index (κ2) is 11.3. The highest BCUT2D eigenvalue weighted by molar-refractivity contribution is 8.02. The summed E-state index contributed by atoms with van der Waals surface area (Å²) in [5, 5.41) is 2.20. The van der Waals surface area contributed by atoms with Crippen molar-refractivity contribution in [1.29, 1.82) is 0 Å². The molecule has 2 fully saturated rings. The largest absolute Gasteiger partial charge is 0.229 e. The van der Waals surface area contributed by atoms with Crippen LogP contribution in [0.4, 0.5) is 0 Å². The fraction of sp³-hybridized carbons (Fsp3) is 0.548. The van der Waals surface area contributed by atoms with Crippen molar-refractivity contribution in [1.82, 2.24) is 0 Å². The highest BCUT2D eigenvalue weighted by atomic mass is 32.2. The lowest BCUT2D eigenvalue weighted by atomic mass is 9.69. The number of thioether (sulfide) groups is 1. The average Bonchev–Trinajstić information content (AvgIpc) is 3.16. The van der Waals surface area contributed by atoms with Crippen molar-refractivity contribution >= 4 is 21.6 Å². The van der Waals surface area contributed by atoms with Gasteiger partial charge in [0.2, 0.25) is 0 Å². The van der Waals surface area contributed by atoms with E-state index in [-0.39, 0.29) is 5.25 Å². The summed E-state index contributed by atoms with van der Waals surface area (Å²) in [4.78, 5) is 0. The summed E-state index contributed by atoms with van der Waals surface area (Å²) in [6, 6.07) is 10.1. The van der Waals surface area contributed by atoms with Crippen LogP contribution in [-0.2, 0) is 16.3 Å². The Labute approximate surface area is 217 Å². The van der Waals surface area contributed by atoms with E-state index in [1.54, 1.807) is 5.57 Å². The summed E-state index contributed by atoms with van der Waals surface area (Å²) < 4.78 is 26.3. The van der Waals surface area contributed by atoms with Gasteiger partial charge in [-0.05, 0) is 109 Å². The van der Waals surface area contributed by atoms with Crippen molar-refractivity contribution in [3.8, 4) is 0 Å². The van der Waals surface area contributed by atoms with Crippen LogP contribution in [0.25, 0.3) is 0 Å². The number of hydrogen-bond donors (Lipinski definition) is 0. The first kappa shape index (κ1) is 25.1. The molecule has 1 aliphatic heterocycles. The van der Waals surface area contributed by atoms with Crippen LogP contribution >= 0.6 is 11.8 Å². The lowest BCUT2D eigenvalue weighted by Gasteiger charge is -2.37. The molecule has 2 saturated carbocycles. The summed E-state index contributed by atoms with van der Waals surface area (Å²) in [7, 11) is -3.03. The molecule has 188 valence electrons. The second-order valence-corrected chi connectivity index (χ2v) is 14.4. The molecule has 0 N–H and O–H groups in total. The molecule has 4 aliphatic rings. The number of allylic oxidation sites excluding steroid dienone is 5. The Morgan fingerprint density at radius 3 is 2.40 bits per heavy atom. The summed E-state index contributed by atoms with van der Waals surface area (Å²) in [6.07, 6.45) is 16.8. The van der Waals surface area contributed by atoms with Gasteiger partial charge in [-0.3, -0.25) is 0 Å². The van der Waals surface area contributed by atoms with Crippen molar-refractivity contribution in [3.05, 3.63) is 82.3 Å². The highest BCUT2D eigenvalue weighted by Gasteiger charge is 2.35. The van der Waals surface area contributed by atoms with Gasteiger partial charge in [0.1, 0.15) is 0 Å². The van der Waals surface area contributed by atoms with Crippen LogP contribution in [0.3, 0.4) is 0 Å². The zero-order valence-electron chi connectivity index (χ0n) is 21.0. The molecule has 0 bridgehead atoms. The van der Waals surface area contributed by atoms with E-state index in [2.05, 4.69) is 24.1 Å². The smallest absolute Gasteiger partial charge is 0.153 e. The fourth-order valence-corrected chi connectivity index (χ4v) is 9.62. The van der Waals surface area contributed by atoms with E-state index in [0.29, 0.717) is 24.0 Å². The molecule has 0 amide bonds. The lowest BCUT2D eigenvalue weighted by molar-refractivity contribution is 0.202. The molecule has 0 saturated heterocycles. The summed E-state index contributed by atoms with van der Waals surface area (Å²) >= 11 is 1.89. The van der Waals surface area contributed by atoms with Crippen LogP contribution in [0, 0.1) is 17.8 Å². The molecule has 1 aromatic carbocycles. The summed E-state index contributed by atoms with van der Waals surface area (Å²) in [6.45, 7) is 4.30. The monoisotopic (exact) mass is 508 g/mol. The number of benzene rings is 1. The van der Waals surface area contributed by atoms with Crippen LogP contribution in [0.2, 0.25) is 0 Å². The van der Waals surface area contributed by atoms with Gasteiger partial charge in [0.25, 0.3) is 0 Å². The molecule has 0 radical (unpaired) electrons. The maximum Gasteiger partial charge on any atom is 0.153 e. The number of aryl methyl sites for hydroxylation is 1. The number of sulfone groups is 1. The Bertz CT molecular complexity index is 1100. The SMILES string of the molecule is C=C1CC=C(C2CCC(C3CCCC(S(=O)(=O)CCc4ccccc4)CC3)CC2)C2=CCSC=C12. The molecule has 4 heteroatoms. The molecule has 0 spiro atoms. The zero-order chi connectivity index (χ0) is 24.3. The third-order valence-electron chi connectivity index (χ3n) is 9.00. The third-order valence-corrected chi connectivity index (χ3v) is 12.0. The molecule has 0 aromatic heterocycles. The molecule has 2 nitrogen and oxygen atoms in total. The van der Waals surface area contributed by atoms with Gasteiger partial charge in [-0.15, -0.1) is 11.8 Å². The van der Waals surface area contributed by atoms with Crippen molar-refractivity contribution in [3.63, 3.8) is 0 Å².